The molecule has 0 radical (unpaired) electrons. The summed E-state index contributed by atoms with van der Waals surface area (Å²) < 4.78 is 11.3. The monoisotopic (exact) mass is 467 g/mol. The lowest BCUT2D eigenvalue weighted by Crippen LogP contribution is -2.49. The molecule has 4 rings (SSSR count). The van der Waals surface area contributed by atoms with Gasteiger partial charge in [-0.3, -0.25) is 9.69 Å². The van der Waals surface area contributed by atoms with E-state index in [1.165, 1.54) is 0 Å². The SMILES string of the molecule is O=C(Nc1cccc(Cl)c1N1CCC(N2CCOCC2)CC1)c1ccc(Br)o1. The van der Waals surface area contributed by atoms with Gasteiger partial charge in [-0.2, -0.15) is 0 Å². The molecule has 8 heteroatoms. The Hall–Kier alpha value is -1.54. The fraction of sp³-hybridized carbons (Fsp3) is 0.450. The summed E-state index contributed by atoms with van der Waals surface area (Å²) in [6, 6.07) is 9.51. The Balaban J connectivity index is 1.46. The molecule has 0 bridgehead atoms. The molecule has 2 aliphatic rings. The van der Waals surface area contributed by atoms with Crippen molar-refractivity contribution in [2.75, 3.05) is 49.6 Å². The zero-order valence-corrected chi connectivity index (χ0v) is 17.8. The highest BCUT2D eigenvalue weighted by molar-refractivity contribution is 9.10. The molecular weight excluding hydrogens is 446 g/mol. The topological polar surface area (TPSA) is 58.0 Å². The number of nitrogens with zero attached hydrogens (tertiary/aromatic N) is 2. The summed E-state index contributed by atoms with van der Waals surface area (Å²) in [7, 11) is 0. The lowest BCUT2D eigenvalue weighted by atomic mass is 10.0. The van der Waals surface area contributed by atoms with Crippen LogP contribution in [0.1, 0.15) is 23.4 Å². The molecule has 6 nitrogen and oxygen atoms in total. The van der Waals surface area contributed by atoms with Gasteiger partial charge in [-0.05, 0) is 53.0 Å². The minimum Gasteiger partial charge on any atom is -0.444 e. The molecule has 3 heterocycles. The molecule has 2 fully saturated rings. The summed E-state index contributed by atoms with van der Waals surface area (Å²) in [5, 5.41) is 3.59. The van der Waals surface area contributed by atoms with E-state index in [9.17, 15) is 4.79 Å². The third-order valence-electron chi connectivity index (χ3n) is 5.37. The first-order valence-corrected chi connectivity index (χ1v) is 10.7. The Kier molecular flexibility index (Phi) is 6.25. The van der Waals surface area contributed by atoms with E-state index >= 15 is 0 Å². The molecule has 2 aromatic rings. The lowest BCUT2D eigenvalue weighted by molar-refractivity contribution is 0.0115. The van der Waals surface area contributed by atoms with Gasteiger partial charge >= 0.3 is 0 Å². The molecule has 1 amide bonds. The van der Waals surface area contributed by atoms with Crippen LogP contribution in [0.3, 0.4) is 0 Å². The molecular formula is C20H23BrClN3O3. The van der Waals surface area contributed by atoms with Gasteiger partial charge < -0.3 is 19.4 Å². The second-order valence-corrected chi connectivity index (χ2v) is 8.25. The number of para-hydroxylation sites is 1. The average molecular weight is 469 g/mol. The highest BCUT2D eigenvalue weighted by Gasteiger charge is 2.28. The molecule has 2 saturated heterocycles. The van der Waals surface area contributed by atoms with Crippen LogP contribution in [0.2, 0.25) is 5.02 Å². The third-order valence-corrected chi connectivity index (χ3v) is 6.11. The van der Waals surface area contributed by atoms with E-state index in [1.54, 1.807) is 12.1 Å². The van der Waals surface area contributed by atoms with Gasteiger partial charge in [0.2, 0.25) is 0 Å². The van der Waals surface area contributed by atoms with Crippen molar-refractivity contribution in [1.82, 2.24) is 4.90 Å². The van der Waals surface area contributed by atoms with Crippen LogP contribution in [0.4, 0.5) is 11.4 Å². The van der Waals surface area contributed by atoms with E-state index in [0.29, 0.717) is 21.4 Å². The number of carbonyl (C=O) groups is 1. The van der Waals surface area contributed by atoms with Crippen LogP contribution in [0, 0.1) is 0 Å². The van der Waals surface area contributed by atoms with Gasteiger partial charge in [-0.1, -0.05) is 17.7 Å². The second-order valence-electron chi connectivity index (χ2n) is 7.06. The number of amides is 1. The molecule has 28 heavy (non-hydrogen) atoms. The summed E-state index contributed by atoms with van der Waals surface area (Å²) in [5.74, 6) is -0.0405. The van der Waals surface area contributed by atoms with E-state index in [1.807, 2.05) is 18.2 Å². The maximum atomic E-state index is 12.5. The maximum Gasteiger partial charge on any atom is 0.291 e. The molecule has 1 aromatic carbocycles. The van der Waals surface area contributed by atoms with Gasteiger partial charge in [0.25, 0.3) is 5.91 Å². The number of rotatable bonds is 4. The summed E-state index contributed by atoms with van der Waals surface area (Å²) in [5.41, 5.74) is 1.58. The number of halogens is 2. The second kappa shape index (κ2) is 8.86. The molecule has 0 atom stereocenters. The Labute approximate surface area is 177 Å². The number of ether oxygens (including phenoxy) is 1. The van der Waals surface area contributed by atoms with Crippen LogP contribution >= 0.6 is 27.5 Å². The van der Waals surface area contributed by atoms with E-state index in [4.69, 9.17) is 20.8 Å². The number of morpholine rings is 1. The number of hydrogen-bond acceptors (Lipinski definition) is 5. The number of hydrogen-bond donors (Lipinski definition) is 1. The van der Waals surface area contributed by atoms with Crippen LogP contribution in [0.5, 0.6) is 0 Å². The molecule has 2 aliphatic heterocycles. The molecule has 1 aromatic heterocycles. The van der Waals surface area contributed by atoms with Gasteiger partial charge in [0.05, 0.1) is 29.6 Å². The van der Waals surface area contributed by atoms with Crippen molar-refractivity contribution in [1.29, 1.82) is 0 Å². The van der Waals surface area contributed by atoms with Crippen LogP contribution in [0.25, 0.3) is 0 Å². The molecule has 0 aliphatic carbocycles. The first kappa shape index (κ1) is 19.8. The fourth-order valence-electron chi connectivity index (χ4n) is 3.96. The molecule has 1 N–H and O–H groups in total. The maximum absolute atomic E-state index is 12.5. The number of furan rings is 1. The van der Waals surface area contributed by atoms with Crippen LogP contribution in [-0.2, 0) is 4.74 Å². The Bertz CT molecular complexity index is 830. The van der Waals surface area contributed by atoms with E-state index in [2.05, 4.69) is 31.0 Å². The lowest BCUT2D eigenvalue weighted by Gasteiger charge is -2.41. The zero-order valence-electron chi connectivity index (χ0n) is 15.5. The average Bonchev–Trinajstić information content (AvgIpc) is 3.16. The Morgan fingerprint density at radius 3 is 2.54 bits per heavy atom. The number of nitrogens with one attached hydrogen (secondary N) is 1. The van der Waals surface area contributed by atoms with Gasteiger partial charge in [-0.15, -0.1) is 0 Å². The normalized spacial score (nSPS) is 19.0. The molecule has 0 saturated carbocycles. The van der Waals surface area contributed by atoms with Gasteiger partial charge in [-0.25, -0.2) is 0 Å². The first-order chi connectivity index (χ1) is 13.6. The number of benzene rings is 1. The summed E-state index contributed by atoms with van der Waals surface area (Å²) in [6.45, 7) is 5.48. The van der Waals surface area contributed by atoms with Crippen molar-refractivity contribution in [2.45, 2.75) is 18.9 Å². The van der Waals surface area contributed by atoms with Crippen LogP contribution in [0.15, 0.2) is 39.4 Å². The van der Waals surface area contributed by atoms with Gasteiger partial charge in [0.15, 0.2) is 10.4 Å². The zero-order chi connectivity index (χ0) is 19.5. The van der Waals surface area contributed by atoms with Crippen molar-refractivity contribution in [3.05, 3.63) is 45.8 Å². The van der Waals surface area contributed by atoms with E-state index in [0.717, 1.165) is 57.9 Å². The standard InChI is InChI=1S/C20H23BrClN3O3/c21-18-5-4-17(28-18)20(26)23-16-3-1-2-15(22)19(16)25-8-6-14(7-9-25)24-10-12-27-13-11-24/h1-5,14H,6-13H2,(H,23,26). The van der Waals surface area contributed by atoms with Crippen LogP contribution < -0.4 is 10.2 Å². The fourth-order valence-corrected chi connectivity index (χ4v) is 4.56. The highest BCUT2D eigenvalue weighted by Crippen LogP contribution is 2.36. The number of piperidine rings is 1. The van der Waals surface area contributed by atoms with E-state index in [-0.39, 0.29) is 11.7 Å². The van der Waals surface area contributed by atoms with Crippen molar-refractivity contribution in [3.63, 3.8) is 0 Å². The predicted octanol–water partition coefficient (Wildman–Crippen LogP) is 4.25. The van der Waals surface area contributed by atoms with Crippen molar-refractivity contribution < 1.29 is 13.9 Å². The van der Waals surface area contributed by atoms with Crippen LogP contribution in [-0.4, -0.2) is 56.2 Å². The minimum atomic E-state index is -0.294. The summed E-state index contributed by atoms with van der Waals surface area (Å²) >= 11 is 9.76. The Morgan fingerprint density at radius 2 is 1.86 bits per heavy atom. The summed E-state index contributed by atoms with van der Waals surface area (Å²) in [4.78, 5) is 17.3. The molecule has 0 spiro atoms. The van der Waals surface area contributed by atoms with Gasteiger partial charge in [0.1, 0.15) is 0 Å². The first-order valence-electron chi connectivity index (χ1n) is 9.54. The third kappa shape index (κ3) is 4.38. The van der Waals surface area contributed by atoms with Gasteiger partial charge in [0, 0.05) is 32.2 Å². The summed E-state index contributed by atoms with van der Waals surface area (Å²) in [6.07, 6.45) is 2.15. The quantitative estimate of drug-likeness (QED) is 0.727. The molecule has 150 valence electrons. The predicted molar refractivity (Wildman–Crippen MR) is 113 cm³/mol. The van der Waals surface area contributed by atoms with E-state index < -0.39 is 0 Å². The number of carbonyl (C=O) groups excluding carboxylic acids is 1. The Morgan fingerprint density at radius 1 is 1.11 bits per heavy atom. The van der Waals surface area contributed by atoms with Crippen molar-refractivity contribution in [2.24, 2.45) is 0 Å². The van der Waals surface area contributed by atoms with Crippen molar-refractivity contribution >= 4 is 44.8 Å². The minimum absolute atomic E-state index is 0.254. The number of anilines is 2. The highest BCUT2D eigenvalue weighted by atomic mass is 79.9. The van der Waals surface area contributed by atoms with Crippen molar-refractivity contribution in [3.8, 4) is 0 Å². The largest absolute Gasteiger partial charge is 0.444 e. The molecule has 0 unspecified atom stereocenters. The smallest absolute Gasteiger partial charge is 0.291 e.